The molecule has 0 bridgehead atoms. The first kappa shape index (κ1) is 11.3. The summed E-state index contributed by atoms with van der Waals surface area (Å²) in [6, 6.07) is 9.83. The Bertz CT molecular complexity index is 538. The highest BCUT2D eigenvalue weighted by atomic mass is 16.4. The van der Waals surface area contributed by atoms with E-state index in [1.807, 2.05) is 30.3 Å². The van der Waals surface area contributed by atoms with Gasteiger partial charge in [0.25, 0.3) is 0 Å². The average Bonchev–Trinajstić information content (AvgIpc) is 2.30. The monoisotopic (exact) mass is 228 g/mol. The van der Waals surface area contributed by atoms with Gasteiger partial charge in [-0.25, -0.2) is 14.8 Å². The van der Waals surface area contributed by atoms with Crippen LogP contribution >= 0.6 is 0 Å². The molecule has 0 aliphatic rings. The van der Waals surface area contributed by atoms with Crippen molar-refractivity contribution in [3.05, 3.63) is 59.2 Å². The molecule has 0 fully saturated rings. The highest BCUT2D eigenvalue weighted by Gasteiger charge is 2.09. The third kappa shape index (κ3) is 2.66. The normalized spacial score (nSPS) is 10.2. The van der Waals surface area contributed by atoms with Gasteiger partial charge in [0.2, 0.25) is 0 Å². The molecule has 2 rings (SSSR count). The molecule has 0 aliphatic heterocycles. The summed E-state index contributed by atoms with van der Waals surface area (Å²) in [5.74, 6) is -0.354. The number of nitrogens with zero attached hydrogens (tertiary/aromatic N) is 2. The van der Waals surface area contributed by atoms with Crippen LogP contribution in [0.15, 0.2) is 36.5 Å². The fourth-order valence-corrected chi connectivity index (χ4v) is 1.59. The lowest BCUT2D eigenvalue weighted by Crippen LogP contribution is -2.06. The van der Waals surface area contributed by atoms with Gasteiger partial charge in [0, 0.05) is 12.6 Å². The van der Waals surface area contributed by atoms with Gasteiger partial charge in [0.1, 0.15) is 5.82 Å². The van der Waals surface area contributed by atoms with Crippen molar-refractivity contribution in [2.75, 3.05) is 0 Å². The van der Waals surface area contributed by atoms with Gasteiger partial charge in [-0.15, -0.1) is 0 Å². The average molecular weight is 228 g/mol. The summed E-state index contributed by atoms with van der Waals surface area (Å²) in [5.41, 5.74) is 1.76. The summed E-state index contributed by atoms with van der Waals surface area (Å²) < 4.78 is 0. The van der Waals surface area contributed by atoms with Crippen LogP contribution in [0.1, 0.15) is 27.4 Å². The van der Waals surface area contributed by atoms with Crippen molar-refractivity contribution in [1.29, 1.82) is 0 Å². The van der Waals surface area contributed by atoms with Crippen LogP contribution in [0.4, 0.5) is 0 Å². The zero-order valence-corrected chi connectivity index (χ0v) is 9.42. The van der Waals surface area contributed by atoms with Crippen LogP contribution in [0.25, 0.3) is 0 Å². The van der Waals surface area contributed by atoms with Crippen LogP contribution in [0.5, 0.6) is 0 Å². The lowest BCUT2D eigenvalue weighted by atomic mass is 10.1. The molecule has 1 aromatic carbocycles. The van der Waals surface area contributed by atoms with Crippen molar-refractivity contribution in [3.63, 3.8) is 0 Å². The molecule has 0 amide bonds. The zero-order chi connectivity index (χ0) is 12.3. The van der Waals surface area contributed by atoms with Gasteiger partial charge in [0.15, 0.2) is 0 Å². The molecule has 0 atom stereocenters. The van der Waals surface area contributed by atoms with Gasteiger partial charge in [-0.1, -0.05) is 30.3 Å². The molecule has 0 saturated carbocycles. The van der Waals surface area contributed by atoms with Crippen molar-refractivity contribution in [2.24, 2.45) is 0 Å². The van der Waals surface area contributed by atoms with Crippen molar-refractivity contribution >= 4 is 5.97 Å². The van der Waals surface area contributed by atoms with E-state index in [1.165, 1.54) is 6.20 Å². The highest BCUT2D eigenvalue weighted by Crippen LogP contribution is 2.08. The number of hydrogen-bond acceptors (Lipinski definition) is 3. The number of rotatable bonds is 3. The summed E-state index contributed by atoms with van der Waals surface area (Å²) in [4.78, 5) is 19.1. The fourth-order valence-electron chi connectivity index (χ4n) is 1.59. The number of aromatic carboxylic acids is 1. The molecule has 0 radical (unpaired) electrons. The second-order valence-corrected chi connectivity index (χ2v) is 3.75. The number of aromatic nitrogens is 2. The lowest BCUT2D eigenvalue weighted by molar-refractivity contribution is 0.0695. The summed E-state index contributed by atoms with van der Waals surface area (Å²) >= 11 is 0. The molecule has 0 unspecified atom stereocenters. The Labute approximate surface area is 99.0 Å². The van der Waals surface area contributed by atoms with Crippen LogP contribution in [-0.4, -0.2) is 21.0 Å². The first-order chi connectivity index (χ1) is 8.16. The van der Waals surface area contributed by atoms with Gasteiger partial charge >= 0.3 is 5.97 Å². The molecular weight excluding hydrogens is 216 g/mol. The van der Waals surface area contributed by atoms with Gasteiger partial charge in [0.05, 0.1) is 11.3 Å². The molecule has 0 aliphatic carbocycles. The number of carboxylic acid groups (broad SMARTS) is 1. The van der Waals surface area contributed by atoms with E-state index in [2.05, 4.69) is 9.97 Å². The standard InChI is InChI=1S/C13H12N2O2/c1-9-11(13(16)17)8-14-12(15-9)7-10-5-3-2-4-6-10/h2-6,8H,7H2,1H3,(H,16,17). The van der Waals surface area contributed by atoms with Crippen molar-refractivity contribution in [2.45, 2.75) is 13.3 Å². The number of hydrogen-bond donors (Lipinski definition) is 1. The summed E-state index contributed by atoms with van der Waals surface area (Å²) in [5, 5.41) is 8.87. The van der Waals surface area contributed by atoms with Crippen LogP contribution in [0, 0.1) is 6.92 Å². The Hall–Kier alpha value is -2.23. The van der Waals surface area contributed by atoms with Gasteiger partial charge in [-0.2, -0.15) is 0 Å². The van der Waals surface area contributed by atoms with Gasteiger partial charge < -0.3 is 5.11 Å². The van der Waals surface area contributed by atoms with E-state index in [0.717, 1.165) is 5.56 Å². The molecular formula is C13H12N2O2. The minimum absolute atomic E-state index is 0.154. The molecule has 86 valence electrons. The molecule has 0 saturated heterocycles. The lowest BCUT2D eigenvalue weighted by Gasteiger charge is -2.03. The zero-order valence-electron chi connectivity index (χ0n) is 9.42. The Balaban J connectivity index is 2.24. The van der Waals surface area contributed by atoms with Crippen LogP contribution in [0.2, 0.25) is 0 Å². The Morgan fingerprint density at radius 2 is 2.00 bits per heavy atom. The van der Waals surface area contributed by atoms with Crippen molar-refractivity contribution in [3.8, 4) is 0 Å². The number of carboxylic acids is 1. The van der Waals surface area contributed by atoms with Crippen molar-refractivity contribution in [1.82, 2.24) is 9.97 Å². The number of benzene rings is 1. The highest BCUT2D eigenvalue weighted by molar-refractivity contribution is 5.88. The van der Waals surface area contributed by atoms with E-state index >= 15 is 0 Å². The van der Waals surface area contributed by atoms with Crippen LogP contribution in [0.3, 0.4) is 0 Å². The second-order valence-electron chi connectivity index (χ2n) is 3.75. The van der Waals surface area contributed by atoms with Crippen molar-refractivity contribution < 1.29 is 9.90 Å². The minimum Gasteiger partial charge on any atom is -0.478 e. The smallest absolute Gasteiger partial charge is 0.339 e. The molecule has 1 N–H and O–H groups in total. The first-order valence-corrected chi connectivity index (χ1v) is 5.26. The maximum absolute atomic E-state index is 10.8. The summed E-state index contributed by atoms with van der Waals surface area (Å²) in [6.45, 7) is 1.68. The molecule has 2 aromatic rings. The fraction of sp³-hybridized carbons (Fsp3) is 0.154. The Morgan fingerprint density at radius 3 is 2.59 bits per heavy atom. The van der Waals surface area contributed by atoms with E-state index in [1.54, 1.807) is 6.92 Å². The summed E-state index contributed by atoms with van der Waals surface area (Å²) in [6.07, 6.45) is 1.98. The maximum atomic E-state index is 10.8. The topological polar surface area (TPSA) is 63.1 Å². The Kier molecular flexibility index (Phi) is 3.14. The summed E-state index contributed by atoms with van der Waals surface area (Å²) in [7, 11) is 0. The van der Waals surface area contributed by atoms with Crippen LogP contribution < -0.4 is 0 Å². The second kappa shape index (κ2) is 4.74. The van der Waals surface area contributed by atoms with E-state index in [9.17, 15) is 4.79 Å². The largest absolute Gasteiger partial charge is 0.478 e. The quantitative estimate of drug-likeness (QED) is 0.873. The van der Waals surface area contributed by atoms with E-state index in [4.69, 9.17) is 5.11 Å². The predicted molar refractivity (Wildman–Crippen MR) is 63.0 cm³/mol. The molecule has 1 aromatic heterocycles. The molecule has 4 nitrogen and oxygen atoms in total. The van der Waals surface area contributed by atoms with Crippen LogP contribution in [-0.2, 0) is 6.42 Å². The van der Waals surface area contributed by atoms with E-state index in [0.29, 0.717) is 17.9 Å². The molecule has 0 spiro atoms. The Morgan fingerprint density at radius 1 is 1.29 bits per heavy atom. The first-order valence-electron chi connectivity index (χ1n) is 5.26. The van der Waals surface area contributed by atoms with Gasteiger partial charge in [-0.05, 0) is 12.5 Å². The predicted octanol–water partition coefficient (Wildman–Crippen LogP) is 2.07. The van der Waals surface area contributed by atoms with E-state index in [-0.39, 0.29) is 5.56 Å². The van der Waals surface area contributed by atoms with Gasteiger partial charge in [-0.3, -0.25) is 0 Å². The number of aryl methyl sites for hydroxylation is 1. The minimum atomic E-state index is -0.992. The maximum Gasteiger partial charge on any atom is 0.339 e. The van der Waals surface area contributed by atoms with E-state index < -0.39 is 5.97 Å². The SMILES string of the molecule is Cc1nc(Cc2ccccc2)ncc1C(=O)O. The molecule has 1 heterocycles. The third-order valence-electron chi connectivity index (χ3n) is 2.46. The molecule has 17 heavy (non-hydrogen) atoms. The third-order valence-corrected chi connectivity index (χ3v) is 2.46. The number of carbonyl (C=O) groups is 1. The molecule has 4 heteroatoms.